The number of hydrogen-bond donors (Lipinski definition) is 7. The predicted molar refractivity (Wildman–Crippen MR) is 218 cm³/mol. The molecule has 16 heteroatoms. The van der Waals surface area contributed by atoms with Crippen LogP contribution in [0, 0.1) is 5.92 Å². The van der Waals surface area contributed by atoms with E-state index in [0.29, 0.717) is 40.0 Å². The molecule has 298 valence electrons. The molecule has 1 atom stereocenters. The molecular formula is C42H42N8O8. The van der Waals surface area contributed by atoms with Crippen LogP contribution in [0.4, 0.5) is 16.2 Å². The summed E-state index contributed by atoms with van der Waals surface area (Å²) in [6, 6.07) is 27.7. The molecule has 0 saturated carbocycles. The molecule has 1 unspecified atom stereocenters. The van der Waals surface area contributed by atoms with E-state index in [1.165, 1.54) is 35.5 Å². The monoisotopic (exact) mass is 786 g/mol. The van der Waals surface area contributed by atoms with Gasteiger partial charge in [-0.05, 0) is 103 Å². The van der Waals surface area contributed by atoms with Gasteiger partial charge in [-0.2, -0.15) is 10.2 Å². The number of rotatable bonds is 14. The highest BCUT2D eigenvalue weighted by Crippen LogP contribution is 2.33. The van der Waals surface area contributed by atoms with Gasteiger partial charge in [0.25, 0.3) is 23.6 Å². The summed E-state index contributed by atoms with van der Waals surface area (Å²) in [5.41, 5.74) is 11.9. The second-order valence-corrected chi connectivity index (χ2v) is 13.5. The fourth-order valence-corrected chi connectivity index (χ4v) is 5.94. The maximum atomic E-state index is 13.0. The topological polar surface area (TPSA) is 223 Å². The van der Waals surface area contributed by atoms with Crippen LogP contribution in [0.25, 0.3) is 12.2 Å². The van der Waals surface area contributed by atoms with Crippen LogP contribution in [0.5, 0.6) is 0 Å². The van der Waals surface area contributed by atoms with E-state index < -0.39 is 35.3 Å². The number of hydrogen-bond acceptors (Lipinski definition) is 11. The third-order valence-corrected chi connectivity index (χ3v) is 9.05. The van der Waals surface area contributed by atoms with Crippen LogP contribution in [0.3, 0.4) is 0 Å². The minimum Gasteiger partial charge on any atom is -0.443 e. The molecular weight excluding hydrogens is 745 g/mol. The van der Waals surface area contributed by atoms with Crippen molar-refractivity contribution in [2.24, 2.45) is 16.1 Å². The smallest absolute Gasteiger partial charge is 0.412 e. The number of amides is 5. The lowest BCUT2D eigenvalue weighted by Crippen LogP contribution is -2.39. The molecule has 1 fully saturated rings. The van der Waals surface area contributed by atoms with Crippen molar-refractivity contribution in [1.29, 1.82) is 0 Å². The number of anilines is 2. The van der Waals surface area contributed by atoms with Crippen LogP contribution < -0.4 is 32.0 Å². The molecule has 1 aliphatic heterocycles. The fraction of sp³-hybridized carbons (Fsp3) is 0.167. The normalized spacial score (nSPS) is 14.2. The molecule has 0 radical (unpaired) electrons. The molecule has 0 aromatic heterocycles. The first-order chi connectivity index (χ1) is 27.9. The Morgan fingerprint density at radius 1 is 0.707 bits per heavy atom. The maximum Gasteiger partial charge on any atom is 0.412 e. The molecule has 5 amide bonds. The summed E-state index contributed by atoms with van der Waals surface area (Å²) in [5, 5.41) is 28.1. The number of carbonyl (C=O) groups excluding carboxylic acids is 5. The second-order valence-electron chi connectivity index (χ2n) is 13.5. The third kappa shape index (κ3) is 12.3. The van der Waals surface area contributed by atoms with E-state index in [-0.39, 0.29) is 5.92 Å². The molecule has 4 aromatic carbocycles. The number of carbonyl (C=O) groups is 5. The number of ether oxygens (including phenoxy) is 1. The van der Waals surface area contributed by atoms with Crippen molar-refractivity contribution in [2.75, 3.05) is 23.3 Å². The van der Waals surface area contributed by atoms with Gasteiger partial charge in [0.2, 0.25) is 0 Å². The quantitative estimate of drug-likeness (QED) is 0.0390. The van der Waals surface area contributed by atoms with Crippen molar-refractivity contribution in [3.8, 4) is 0 Å². The number of nitrogens with one attached hydrogen (secondary N) is 5. The summed E-state index contributed by atoms with van der Waals surface area (Å²) in [6.45, 7) is 5.22. The van der Waals surface area contributed by atoms with Crippen LogP contribution in [0.2, 0.25) is 0 Å². The molecule has 1 saturated heterocycles. The molecule has 1 aliphatic rings. The Labute approximate surface area is 333 Å². The minimum atomic E-state index is -0.783. The fourth-order valence-electron chi connectivity index (χ4n) is 5.94. The predicted octanol–water partition coefficient (Wildman–Crippen LogP) is 5.11. The Bertz CT molecular complexity index is 2250. The maximum absolute atomic E-state index is 13.0. The summed E-state index contributed by atoms with van der Waals surface area (Å²) in [4.78, 5) is 62.9. The Kier molecular flexibility index (Phi) is 14.3. The highest BCUT2D eigenvalue weighted by atomic mass is 16.6. The summed E-state index contributed by atoms with van der Waals surface area (Å²) < 4.78 is 5.92. The second kappa shape index (κ2) is 19.9. The van der Waals surface area contributed by atoms with Crippen LogP contribution in [0.15, 0.2) is 119 Å². The van der Waals surface area contributed by atoms with Crippen LogP contribution in [-0.4, -0.2) is 71.3 Å². The van der Waals surface area contributed by atoms with Crippen molar-refractivity contribution in [1.82, 2.24) is 21.8 Å². The third-order valence-electron chi connectivity index (χ3n) is 9.05. The highest BCUT2D eigenvalue weighted by Gasteiger charge is 2.38. The Hall–Kier alpha value is -7.43. The first-order valence-corrected chi connectivity index (χ1v) is 18.0. The SMILES string of the molecule is CC(C)(OC(=O)Nc1cccc(/C=N/NC(=O)c2cccc(/C=C/C(=O)NO)c2)c1)C1CCN(c2ccc(/C=N/NC(=O)c3cccc(/C=C/C(=O)NO)c3)cc2)C1. The Balaban J connectivity index is 1.08. The average Bonchev–Trinajstić information content (AvgIpc) is 3.74. The van der Waals surface area contributed by atoms with Crippen LogP contribution >= 0.6 is 0 Å². The van der Waals surface area contributed by atoms with Gasteiger partial charge in [0.05, 0.1) is 12.4 Å². The first-order valence-electron chi connectivity index (χ1n) is 18.0. The zero-order chi connectivity index (χ0) is 41.5. The summed E-state index contributed by atoms with van der Waals surface area (Å²) in [6.07, 6.45) is 8.34. The average molecular weight is 787 g/mol. The van der Waals surface area contributed by atoms with E-state index in [1.807, 2.05) is 38.1 Å². The lowest BCUT2D eigenvalue weighted by Gasteiger charge is -2.31. The van der Waals surface area contributed by atoms with E-state index in [0.717, 1.165) is 36.4 Å². The van der Waals surface area contributed by atoms with Gasteiger partial charge in [-0.3, -0.25) is 34.9 Å². The molecule has 0 bridgehead atoms. The van der Waals surface area contributed by atoms with Gasteiger partial charge in [-0.25, -0.2) is 26.6 Å². The van der Waals surface area contributed by atoms with Gasteiger partial charge in [0.1, 0.15) is 5.60 Å². The standard InChI is InChI=1S/C42H42N8O8/c1-42(2,58-41(55)45-35-11-5-8-31(24-35)26-44-47-40(54)33-10-4-7-29(23-33)15-19-38(52)49-57)34-20-21-50(27-34)36-16-12-30(13-17-36)25-43-46-39(53)32-9-3-6-28(22-32)14-18-37(51)48-56/h3-19,22-26,34,56-57H,20-21,27H2,1-2H3,(H,45,55)(H,46,53)(H,47,54)(H,48,51)(H,49,52)/b18-14+,19-15+,43-25+,44-26+. The summed E-state index contributed by atoms with van der Waals surface area (Å²) in [5.74, 6) is -2.24. The van der Waals surface area contributed by atoms with Gasteiger partial charge in [0, 0.05) is 53.7 Å². The van der Waals surface area contributed by atoms with E-state index in [9.17, 15) is 24.0 Å². The molecule has 7 N–H and O–H groups in total. The van der Waals surface area contributed by atoms with E-state index >= 15 is 0 Å². The van der Waals surface area contributed by atoms with Gasteiger partial charge in [-0.15, -0.1) is 0 Å². The zero-order valence-electron chi connectivity index (χ0n) is 31.6. The van der Waals surface area contributed by atoms with Crippen LogP contribution in [0.1, 0.15) is 63.2 Å². The molecule has 5 rings (SSSR count). The van der Waals surface area contributed by atoms with E-state index in [4.69, 9.17) is 15.2 Å². The number of hydroxylamine groups is 2. The van der Waals surface area contributed by atoms with Crippen molar-refractivity contribution in [3.63, 3.8) is 0 Å². The molecule has 4 aromatic rings. The largest absolute Gasteiger partial charge is 0.443 e. The van der Waals surface area contributed by atoms with Crippen molar-refractivity contribution >= 4 is 65.7 Å². The molecule has 58 heavy (non-hydrogen) atoms. The highest BCUT2D eigenvalue weighted by molar-refractivity contribution is 5.97. The van der Waals surface area contributed by atoms with Gasteiger partial charge in [-0.1, -0.05) is 48.5 Å². The summed E-state index contributed by atoms with van der Waals surface area (Å²) in [7, 11) is 0. The number of benzene rings is 4. The number of nitrogens with zero attached hydrogens (tertiary/aromatic N) is 3. The van der Waals surface area contributed by atoms with Crippen molar-refractivity contribution < 1.29 is 39.1 Å². The molecule has 0 aliphatic carbocycles. The molecule has 0 spiro atoms. The van der Waals surface area contributed by atoms with Gasteiger partial charge >= 0.3 is 6.09 Å². The molecule has 16 nitrogen and oxygen atoms in total. The first kappa shape index (κ1) is 41.7. The van der Waals surface area contributed by atoms with E-state index in [2.05, 4.69) is 31.3 Å². The van der Waals surface area contributed by atoms with Gasteiger partial charge in [0.15, 0.2) is 0 Å². The molecule has 1 heterocycles. The Morgan fingerprint density at radius 2 is 1.24 bits per heavy atom. The number of hydrazone groups is 2. The van der Waals surface area contributed by atoms with E-state index in [1.54, 1.807) is 72.8 Å². The van der Waals surface area contributed by atoms with Crippen molar-refractivity contribution in [3.05, 3.63) is 143 Å². The van der Waals surface area contributed by atoms with Gasteiger partial charge < -0.3 is 9.64 Å². The lowest BCUT2D eigenvalue weighted by molar-refractivity contribution is -0.124. The Morgan fingerprint density at radius 3 is 1.81 bits per heavy atom. The summed E-state index contributed by atoms with van der Waals surface area (Å²) >= 11 is 0. The van der Waals surface area contributed by atoms with Crippen LogP contribution in [-0.2, 0) is 14.3 Å². The minimum absolute atomic E-state index is 0.0503. The zero-order valence-corrected chi connectivity index (χ0v) is 31.6. The lowest BCUT2D eigenvalue weighted by atomic mass is 9.90. The van der Waals surface area contributed by atoms with Crippen molar-refractivity contribution in [2.45, 2.75) is 25.9 Å².